The number of amides is 2. The summed E-state index contributed by atoms with van der Waals surface area (Å²) in [6, 6.07) is 11.3. The van der Waals surface area contributed by atoms with Gasteiger partial charge in [0.2, 0.25) is 0 Å². The molecule has 3 atom stereocenters. The number of rotatable bonds is 8. The Morgan fingerprint density at radius 3 is 1.90 bits per heavy atom. The van der Waals surface area contributed by atoms with Crippen LogP contribution in [-0.4, -0.2) is 67.9 Å². The zero-order valence-electron chi connectivity index (χ0n) is 21.7. The summed E-state index contributed by atoms with van der Waals surface area (Å²) in [6.07, 6.45) is 0.156. The minimum atomic E-state index is -0.547. The molecule has 2 aliphatic rings. The van der Waals surface area contributed by atoms with E-state index < -0.39 is 22.0 Å². The minimum Gasteiger partial charge on any atom is -0.445 e. The van der Waals surface area contributed by atoms with E-state index in [9.17, 15) is 34.6 Å². The monoisotopic (exact) mass is 572 g/mol. The molecule has 2 saturated heterocycles. The highest BCUT2D eigenvalue weighted by Gasteiger charge is 2.44. The highest BCUT2D eigenvalue weighted by Crippen LogP contribution is 2.36. The molecule has 13 nitrogen and oxygen atoms in total. The molecule has 0 spiro atoms. The number of hydrogen-bond acceptors (Lipinski definition) is 10. The number of carbonyl (C=O) groups excluding carboxylic acids is 3. The number of likely N-dealkylation sites (tertiary alicyclic amines) is 2. The summed E-state index contributed by atoms with van der Waals surface area (Å²) in [7, 11) is 0. The van der Waals surface area contributed by atoms with Crippen LogP contribution in [0.5, 0.6) is 0 Å². The van der Waals surface area contributed by atoms with Crippen LogP contribution < -0.4 is 0 Å². The molecular formula is C26H28N4O9S. The van der Waals surface area contributed by atoms with Gasteiger partial charge in [0, 0.05) is 62.1 Å². The molecule has 2 heterocycles. The average Bonchev–Trinajstić information content (AvgIpc) is 3.58. The number of non-ortho nitro benzene ring substituents is 2. The zero-order valence-corrected chi connectivity index (χ0v) is 22.5. The van der Waals surface area contributed by atoms with E-state index in [4.69, 9.17) is 9.47 Å². The van der Waals surface area contributed by atoms with Crippen molar-refractivity contribution in [3.63, 3.8) is 0 Å². The average molecular weight is 573 g/mol. The SMILES string of the molecule is CC(=O)S[C@H]1C[C@@H]([C@@H]2CCN(C(=O)OCc3ccc([N+](=O)[O-])cc3)C2)N(C(=O)OCc2ccc([N+](=O)[O-])cc2)C1. The second kappa shape index (κ2) is 12.8. The van der Waals surface area contributed by atoms with Crippen molar-refractivity contribution in [1.29, 1.82) is 0 Å². The molecular weight excluding hydrogens is 544 g/mol. The van der Waals surface area contributed by atoms with Gasteiger partial charge in [0.1, 0.15) is 13.2 Å². The van der Waals surface area contributed by atoms with Crippen LogP contribution in [0.15, 0.2) is 48.5 Å². The number of thioether (sulfide) groups is 1. The molecule has 2 aromatic carbocycles. The lowest BCUT2D eigenvalue weighted by molar-refractivity contribution is -0.385. The van der Waals surface area contributed by atoms with Crippen LogP contribution in [-0.2, 0) is 27.5 Å². The predicted octanol–water partition coefficient (Wildman–Crippen LogP) is 4.52. The van der Waals surface area contributed by atoms with Crippen LogP contribution in [0.2, 0.25) is 0 Å². The summed E-state index contributed by atoms with van der Waals surface area (Å²) < 4.78 is 10.9. The van der Waals surface area contributed by atoms with Gasteiger partial charge < -0.3 is 19.3 Å². The van der Waals surface area contributed by atoms with Gasteiger partial charge in [-0.05, 0) is 54.2 Å². The normalized spacial score (nSPS) is 20.3. The Balaban J connectivity index is 1.34. The van der Waals surface area contributed by atoms with Gasteiger partial charge in [-0.15, -0.1) is 0 Å². The van der Waals surface area contributed by atoms with Gasteiger partial charge in [-0.1, -0.05) is 11.8 Å². The number of nitro groups is 2. The highest BCUT2D eigenvalue weighted by molar-refractivity contribution is 8.14. The van der Waals surface area contributed by atoms with Gasteiger partial charge in [0.15, 0.2) is 5.12 Å². The van der Waals surface area contributed by atoms with Crippen molar-refractivity contribution < 1.29 is 33.7 Å². The number of nitrogens with zero attached hydrogens (tertiary/aromatic N) is 4. The molecule has 2 aliphatic heterocycles. The van der Waals surface area contributed by atoms with E-state index in [-0.39, 0.29) is 46.9 Å². The molecule has 0 aliphatic carbocycles. The fourth-order valence-electron chi connectivity index (χ4n) is 4.96. The van der Waals surface area contributed by atoms with Crippen molar-refractivity contribution in [2.45, 2.75) is 44.3 Å². The quantitative estimate of drug-likeness (QED) is 0.325. The summed E-state index contributed by atoms with van der Waals surface area (Å²) in [5.41, 5.74) is 1.12. The Morgan fingerprint density at radius 1 is 0.875 bits per heavy atom. The van der Waals surface area contributed by atoms with E-state index in [1.54, 1.807) is 9.80 Å². The summed E-state index contributed by atoms with van der Waals surface area (Å²) in [6.45, 7) is 2.53. The Hall–Kier alpha value is -4.20. The maximum atomic E-state index is 13.1. The van der Waals surface area contributed by atoms with Crippen molar-refractivity contribution in [2.75, 3.05) is 19.6 Å². The van der Waals surface area contributed by atoms with E-state index in [1.807, 2.05) is 0 Å². The summed E-state index contributed by atoms with van der Waals surface area (Å²) >= 11 is 1.18. The first-order chi connectivity index (χ1) is 19.1. The van der Waals surface area contributed by atoms with Crippen LogP contribution in [0.4, 0.5) is 21.0 Å². The second-order valence-corrected chi connectivity index (χ2v) is 11.1. The molecule has 0 unspecified atom stereocenters. The third kappa shape index (κ3) is 7.25. The summed E-state index contributed by atoms with van der Waals surface area (Å²) in [5, 5.41) is 21.5. The van der Waals surface area contributed by atoms with Crippen LogP contribution in [0.3, 0.4) is 0 Å². The fourth-order valence-corrected chi connectivity index (χ4v) is 5.96. The zero-order chi connectivity index (χ0) is 28.8. The highest BCUT2D eigenvalue weighted by atomic mass is 32.2. The lowest BCUT2D eigenvalue weighted by Gasteiger charge is -2.28. The Labute approximate surface area is 233 Å². The van der Waals surface area contributed by atoms with Crippen molar-refractivity contribution >= 4 is 40.4 Å². The minimum absolute atomic E-state index is 0.0279. The second-order valence-electron chi connectivity index (χ2n) is 9.64. The number of nitro benzene ring substituents is 2. The molecule has 0 radical (unpaired) electrons. The smallest absolute Gasteiger partial charge is 0.410 e. The molecule has 4 rings (SSSR count). The van der Waals surface area contributed by atoms with Gasteiger partial charge in [-0.25, -0.2) is 9.59 Å². The van der Waals surface area contributed by atoms with E-state index in [0.717, 1.165) is 0 Å². The molecule has 0 N–H and O–H groups in total. The first kappa shape index (κ1) is 28.8. The number of hydrogen-bond donors (Lipinski definition) is 0. The van der Waals surface area contributed by atoms with Gasteiger partial charge >= 0.3 is 12.2 Å². The van der Waals surface area contributed by atoms with Gasteiger partial charge in [0.25, 0.3) is 11.4 Å². The number of carbonyl (C=O) groups is 3. The van der Waals surface area contributed by atoms with Crippen molar-refractivity contribution in [3.05, 3.63) is 79.9 Å². The van der Waals surface area contributed by atoms with Crippen molar-refractivity contribution in [1.82, 2.24) is 9.80 Å². The molecule has 14 heteroatoms. The van der Waals surface area contributed by atoms with Gasteiger partial charge in [-0.3, -0.25) is 25.0 Å². The summed E-state index contributed by atoms with van der Waals surface area (Å²) in [5.74, 6) is -0.0450. The lowest BCUT2D eigenvalue weighted by atomic mass is 9.97. The van der Waals surface area contributed by atoms with Crippen molar-refractivity contribution in [3.8, 4) is 0 Å². The van der Waals surface area contributed by atoms with Gasteiger partial charge in [0.05, 0.1) is 9.85 Å². The predicted molar refractivity (Wildman–Crippen MR) is 143 cm³/mol. The number of ether oxygens (including phenoxy) is 2. The topological polar surface area (TPSA) is 162 Å². The first-order valence-corrected chi connectivity index (χ1v) is 13.5. The molecule has 2 aromatic rings. The van der Waals surface area contributed by atoms with Crippen LogP contribution in [0, 0.1) is 26.1 Å². The Bertz CT molecular complexity index is 1270. The fraction of sp³-hybridized carbons (Fsp3) is 0.423. The molecule has 0 saturated carbocycles. The third-order valence-electron chi connectivity index (χ3n) is 6.92. The van der Waals surface area contributed by atoms with E-state index in [1.165, 1.54) is 67.2 Å². The maximum absolute atomic E-state index is 13.1. The van der Waals surface area contributed by atoms with Crippen LogP contribution in [0.25, 0.3) is 0 Å². The first-order valence-electron chi connectivity index (χ1n) is 12.6. The standard InChI is InChI=1S/C26H28N4O9S/c1-17(31)40-23-12-24(28(14-23)26(33)39-16-19-4-8-22(9-5-19)30(36)37)20-10-11-27(13-20)25(32)38-15-18-2-6-21(7-3-18)29(34)35/h2-9,20,23-24H,10-16H2,1H3/t20-,23+,24+/m1/s1. The Morgan fingerprint density at radius 2 is 1.40 bits per heavy atom. The molecule has 2 fully saturated rings. The molecule has 2 amide bonds. The number of benzene rings is 2. The van der Waals surface area contributed by atoms with Crippen LogP contribution >= 0.6 is 11.8 Å². The van der Waals surface area contributed by atoms with Crippen LogP contribution in [0.1, 0.15) is 30.9 Å². The Kier molecular flexibility index (Phi) is 9.19. The van der Waals surface area contributed by atoms with Gasteiger partial charge in [-0.2, -0.15) is 0 Å². The van der Waals surface area contributed by atoms with E-state index in [2.05, 4.69) is 0 Å². The van der Waals surface area contributed by atoms with E-state index >= 15 is 0 Å². The maximum Gasteiger partial charge on any atom is 0.410 e. The van der Waals surface area contributed by atoms with E-state index in [0.29, 0.717) is 43.6 Å². The third-order valence-corrected chi connectivity index (χ3v) is 7.92. The molecule has 0 bridgehead atoms. The van der Waals surface area contributed by atoms with Crippen molar-refractivity contribution in [2.24, 2.45) is 5.92 Å². The lowest BCUT2D eigenvalue weighted by Crippen LogP contribution is -2.42. The largest absolute Gasteiger partial charge is 0.445 e. The molecule has 0 aromatic heterocycles. The molecule has 212 valence electrons. The summed E-state index contributed by atoms with van der Waals surface area (Å²) in [4.78, 5) is 61.4. The molecule has 40 heavy (non-hydrogen) atoms.